The summed E-state index contributed by atoms with van der Waals surface area (Å²) < 4.78 is 81.1. The third-order valence-electron chi connectivity index (χ3n) is 5.04. The number of anilines is 2. The van der Waals surface area contributed by atoms with Gasteiger partial charge in [0.05, 0.1) is 11.1 Å². The fourth-order valence-corrected chi connectivity index (χ4v) is 3.35. The summed E-state index contributed by atoms with van der Waals surface area (Å²) in [4.78, 5) is 17.7. The van der Waals surface area contributed by atoms with Crippen LogP contribution < -0.4 is 16.0 Å². The monoisotopic (exact) mass is 475 g/mol. The van der Waals surface area contributed by atoms with E-state index in [1.165, 1.54) is 4.90 Å². The Balaban J connectivity index is 1.97. The first-order valence-corrected chi connectivity index (χ1v) is 9.71. The van der Waals surface area contributed by atoms with E-state index >= 15 is 0 Å². The van der Waals surface area contributed by atoms with Crippen molar-refractivity contribution in [1.82, 2.24) is 4.98 Å². The Morgan fingerprint density at radius 1 is 1.15 bits per heavy atom. The van der Waals surface area contributed by atoms with Crippen LogP contribution in [0.4, 0.5) is 37.8 Å². The van der Waals surface area contributed by atoms with E-state index in [0.29, 0.717) is 6.07 Å². The molecule has 1 aromatic heterocycles. The molecule has 0 aliphatic carbocycles. The molecule has 1 aliphatic heterocycles. The summed E-state index contributed by atoms with van der Waals surface area (Å²) in [6, 6.07) is 4.66. The molecule has 13 heteroatoms. The molecular formula is C20H19F6N5O2. The molecule has 7 nitrogen and oxygen atoms in total. The lowest BCUT2D eigenvalue weighted by Gasteiger charge is -2.25. The summed E-state index contributed by atoms with van der Waals surface area (Å²) in [6.07, 6.45) is -5.86. The largest absolute Gasteiger partial charge is 0.433 e. The van der Waals surface area contributed by atoms with E-state index in [-0.39, 0.29) is 36.3 Å². The zero-order valence-electron chi connectivity index (χ0n) is 17.0. The molecule has 0 unspecified atom stereocenters. The third-order valence-corrected chi connectivity index (χ3v) is 5.04. The SMILES string of the molecule is NC(=NO)c1cc(NC(=O)c2ccc(C(F)(F)F)nc2N2CCCC(F)(F)CC2)ccc1F. The van der Waals surface area contributed by atoms with Crippen molar-refractivity contribution in [1.29, 1.82) is 0 Å². The van der Waals surface area contributed by atoms with Crippen LogP contribution in [0, 0.1) is 5.82 Å². The summed E-state index contributed by atoms with van der Waals surface area (Å²) in [5.74, 6) is -5.67. The van der Waals surface area contributed by atoms with Gasteiger partial charge in [0.15, 0.2) is 5.84 Å². The predicted octanol–water partition coefficient (Wildman–Crippen LogP) is 4.21. The maximum absolute atomic E-state index is 13.9. The van der Waals surface area contributed by atoms with Crippen molar-refractivity contribution in [3.8, 4) is 0 Å². The van der Waals surface area contributed by atoms with Gasteiger partial charge in [0, 0.05) is 31.6 Å². The molecule has 1 saturated heterocycles. The quantitative estimate of drug-likeness (QED) is 0.202. The van der Waals surface area contributed by atoms with Crippen molar-refractivity contribution >= 4 is 23.2 Å². The van der Waals surface area contributed by atoms with E-state index in [1.54, 1.807) is 0 Å². The highest BCUT2D eigenvalue weighted by molar-refractivity contribution is 6.08. The average molecular weight is 475 g/mol. The van der Waals surface area contributed by atoms with Gasteiger partial charge >= 0.3 is 6.18 Å². The van der Waals surface area contributed by atoms with Gasteiger partial charge in [-0.25, -0.2) is 18.2 Å². The van der Waals surface area contributed by atoms with Gasteiger partial charge in [-0.05, 0) is 36.8 Å². The van der Waals surface area contributed by atoms with Crippen LogP contribution in [0.25, 0.3) is 0 Å². The van der Waals surface area contributed by atoms with Gasteiger partial charge in [0.2, 0.25) is 5.92 Å². The zero-order chi connectivity index (χ0) is 24.4. The number of oxime groups is 1. The molecule has 0 bridgehead atoms. The second kappa shape index (κ2) is 9.16. The third kappa shape index (κ3) is 5.65. The molecule has 3 rings (SSSR count). The molecule has 2 aromatic rings. The Morgan fingerprint density at radius 2 is 1.88 bits per heavy atom. The predicted molar refractivity (Wildman–Crippen MR) is 107 cm³/mol. The number of carbonyl (C=O) groups excluding carboxylic acids is 1. The van der Waals surface area contributed by atoms with Gasteiger partial charge in [0.25, 0.3) is 5.91 Å². The number of halogens is 6. The number of carbonyl (C=O) groups is 1. The molecule has 1 fully saturated rings. The first kappa shape index (κ1) is 24.1. The number of rotatable bonds is 4. The molecular weight excluding hydrogens is 456 g/mol. The standard InChI is InChI=1S/C20H19F6N5O2/c21-14-4-2-11(10-13(14)16(27)30-33)28-18(32)12-3-5-15(20(24,25)26)29-17(12)31-8-1-6-19(22,23)7-9-31/h2-5,10,33H,1,6-9H2,(H2,27,30)(H,28,32). The highest BCUT2D eigenvalue weighted by Crippen LogP contribution is 2.34. The van der Waals surface area contributed by atoms with Crippen LogP contribution in [0.2, 0.25) is 0 Å². The normalized spacial score (nSPS) is 16.9. The maximum Gasteiger partial charge on any atom is 0.433 e. The summed E-state index contributed by atoms with van der Waals surface area (Å²) in [5, 5.41) is 13.8. The number of pyridine rings is 1. The summed E-state index contributed by atoms with van der Waals surface area (Å²) in [7, 11) is 0. The van der Waals surface area contributed by atoms with E-state index in [1.807, 2.05) is 0 Å². The Hall–Kier alpha value is -3.51. The van der Waals surface area contributed by atoms with Crippen LogP contribution in [0.5, 0.6) is 0 Å². The van der Waals surface area contributed by atoms with E-state index < -0.39 is 54.0 Å². The van der Waals surface area contributed by atoms with Gasteiger partial charge in [-0.2, -0.15) is 13.2 Å². The van der Waals surface area contributed by atoms with E-state index in [0.717, 1.165) is 24.3 Å². The first-order valence-electron chi connectivity index (χ1n) is 9.71. The Morgan fingerprint density at radius 3 is 2.55 bits per heavy atom. The molecule has 33 heavy (non-hydrogen) atoms. The van der Waals surface area contributed by atoms with Gasteiger partial charge < -0.3 is 21.2 Å². The first-order chi connectivity index (χ1) is 15.4. The number of benzene rings is 1. The van der Waals surface area contributed by atoms with Crippen molar-refractivity contribution in [3.05, 3.63) is 53.0 Å². The summed E-state index contributed by atoms with van der Waals surface area (Å²) in [5.41, 5.74) is 3.49. The van der Waals surface area contributed by atoms with Crippen LogP contribution in [0.1, 0.15) is 40.9 Å². The molecule has 1 aliphatic rings. The van der Waals surface area contributed by atoms with Crippen LogP contribution in [0.3, 0.4) is 0 Å². The minimum Gasteiger partial charge on any atom is -0.409 e. The van der Waals surface area contributed by atoms with Crippen molar-refractivity contribution in [2.45, 2.75) is 31.4 Å². The second-order valence-corrected chi connectivity index (χ2v) is 7.40. The van der Waals surface area contributed by atoms with Gasteiger partial charge in [-0.1, -0.05) is 5.16 Å². The lowest BCUT2D eigenvalue weighted by Crippen LogP contribution is -2.30. The number of amides is 1. The number of alkyl halides is 5. The second-order valence-electron chi connectivity index (χ2n) is 7.40. The van der Waals surface area contributed by atoms with Gasteiger partial charge in [-0.15, -0.1) is 0 Å². The smallest absolute Gasteiger partial charge is 0.409 e. The minimum atomic E-state index is -4.81. The highest BCUT2D eigenvalue weighted by atomic mass is 19.4. The maximum atomic E-state index is 13.9. The molecule has 1 aromatic carbocycles. The number of nitrogens with zero attached hydrogens (tertiary/aromatic N) is 3. The molecule has 0 radical (unpaired) electrons. The molecule has 1 amide bonds. The topological polar surface area (TPSA) is 104 Å². The van der Waals surface area contributed by atoms with E-state index in [4.69, 9.17) is 10.9 Å². The van der Waals surface area contributed by atoms with Crippen molar-refractivity contribution in [3.63, 3.8) is 0 Å². The number of hydrogen-bond donors (Lipinski definition) is 3. The Bertz CT molecular complexity index is 1070. The molecule has 0 atom stereocenters. The average Bonchev–Trinajstić information content (AvgIpc) is 2.93. The number of nitrogens with two attached hydrogens (primary N) is 1. The lowest BCUT2D eigenvalue weighted by atomic mass is 10.1. The van der Waals surface area contributed by atoms with E-state index in [2.05, 4.69) is 15.5 Å². The number of hydrogen-bond acceptors (Lipinski definition) is 5. The van der Waals surface area contributed by atoms with Crippen molar-refractivity contribution in [2.24, 2.45) is 10.9 Å². The van der Waals surface area contributed by atoms with Crippen molar-refractivity contribution in [2.75, 3.05) is 23.3 Å². The number of aromatic nitrogens is 1. The molecule has 178 valence electrons. The highest BCUT2D eigenvalue weighted by Gasteiger charge is 2.36. The zero-order valence-corrected chi connectivity index (χ0v) is 17.0. The minimum absolute atomic E-state index is 0.00347. The fraction of sp³-hybridized carbons (Fsp3) is 0.350. The van der Waals surface area contributed by atoms with E-state index in [9.17, 15) is 31.1 Å². The fourth-order valence-electron chi connectivity index (χ4n) is 3.35. The Labute approximate surface area is 183 Å². The number of nitrogens with one attached hydrogen (secondary N) is 1. The summed E-state index contributed by atoms with van der Waals surface area (Å²) in [6.45, 7) is -0.319. The Kier molecular flexibility index (Phi) is 6.70. The summed E-state index contributed by atoms with van der Waals surface area (Å²) >= 11 is 0. The van der Waals surface area contributed by atoms with Gasteiger partial charge in [0.1, 0.15) is 17.3 Å². The van der Waals surface area contributed by atoms with Crippen LogP contribution in [-0.4, -0.2) is 40.9 Å². The van der Waals surface area contributed by atoms with Crippen LogP contribution in [0.15, 0.2) is 35.5 Å². The lowest BCUT2D eigenvalue weighted by molar-refractivity contribution is -0.141. The molecule has 2 heterocycles. The number of amidine groups is 1. The van der Waals surface area contributed by atoms with Crippen LogP contribution >= 0.6 is 0 Å². The molecule has 4 N–H and O–H groups in total. The van der Waals surface area contributed by atoms with Crippen LogP contribution in [-0.2, 0) is 6.18 Å². The molecule has 0 spiro atoms. The molecule has 0 saturated carbocycles. The van der Waals surface area contributed by atoms with Gasteiger partial charge in [-0.3, -0.25) is 4.79 Å². The van der Waals surface area contributed by atoms with Crippen molar-refractivity contribution < 1.29 is 36.3 Å².